The predicted molar refractivity (Wildman–Crippen MR) is 89.7 cm³/mol. The number of aromatic nitrogens is 3. The zero-order chi connectivity index (χ0) is 17.4. The topological polar surface area (TPSA) is 102 Å². The summed E-state index contributed by atoms with van der Waals surface area (Å²) in [7, 11) is 0. The summed E-state index contributed by atoms with van der Waals surface area (Å²) in [6, 6.07) is 5.25. The highest BCUT2D eigenvalue weighted by atomic mass is 16.3. The van der Waals surface area contributed by atoms with Gasteiger partial charge in [0.15, 0.2) is 0 Å². The van der Waals surface area contributed by atoms with Crippen molar-refractivity contribution in [3.63, 3.8) is 0 Å². The average molecular weight is 343 g/mol. The molecule has 132 valence electrons. The van der Waals surface area contributed by atoms with E-state index in [0.717, 1.165) is 18.4 Å². The first kappa shape index (κ1) is 16.0. The number of carbonyl (C=O) groups is 2. The first-order valence-electron chi connectivity index (χ1n) is 8.63. The summed E-state index contributed by atoms with van der Waals surface area (Å²) >= 11 is 0. The van der Waals surface area contributed by atoms with Crippen molar-refractivity contribution >= 4 is 22.8 Å². The molecule has 2 aromatic rings. The summed E-state index contributed by atoms with van der Waals surface area (Å²) in [5.74, 6) is 0.00362. The molecular weight excluding hydrogens is 322 g/mol. The monoisotopic (exact) mass is 343 g/mol. The summed E-state index contributed by atoms with van der Waals surface area (Å²) in [5.41, 5.74) is 1.45. The molecule has 8 heteroatoms. The van der Waals surface area contributed by atoms with Crippen LogP contribution in [-0.4, -0.2) is 74.9 Å². The summed E-state index contributed by atoms with van der Waals surface area (Å²) in [4.78, 5) is 29.2. The Morgan fingerprint density at radius 2 is 2.08 bits per heavy atom. The van der Waals surface area contributed by atoms with E-state index in [4.69, 9.17) is 5.11 Å². The van der Waals surface area contributed by atoms with Gasteiger partial charge in [-0.05, 0) is 37.5 Å². The van der Waals surface area contributed by atoms with Gasteiger partial charge in [0.1, 0.15) is 11.0 Å². The molecule has 1 spiro atoms. The molecule has 2 amide bonds. The van der Waals surface area contributed by atoms with E-state index in [1.807, 2.05) is 0 Å². The van der Waals surface area contributed by atoms with Crippen molar-refractivity contribution in [2.45, 2.75) is 19.3 Å². The highest BCUT2D eigenvalue weighted by Crippen LogP contribution is 2.40. The van der Waals surface area contributed by atoms with Gasteiger partial charge in [-0.15, -0.1) is 0 Å². The number of H-pyrrole nitrogens is 1. The van der Waals surface area contributed by atoms with Crippen molar-refractivity contribution in [1.29, 1.82) is 0 Å². The number of aliphatic hydroxyl groups excluding tert-OH is 1. The number of benzene rings is 1. The van der Waals surface area contributed by atoms with Crippen LogP contribution in [-0.2, 0) is 4.79 Å². The number of nitrogens with one attached hydrogen (secondary N) is 1. The molecule has 1 atom stereocenters. The zero-order valence-corrected chi connectivity index (χ0v) is 13.9. The van der Waals surface area contributed by atoms with E-state index in [1.54, 1.807) is 28.0 Å². The number of nitrogens with zero attached hydrogens (tertiary/aromatic N) is 4. The SMILES string of the molecule is O=C(c1ccc2n[nH]nc2c1)N1CC[C@@]2(CCCN(CCO)C2=O)C1. The standard InChI is InChI=1S/C17H21N5O3/c23-9-8-21-6-1-4-17(16(21)25)5-7-22(11-17)15(24)12-2-3-13-14(10-12)19-20-18-13/h2-3,10,23H,1,4-9,11H2,(H,18,19,20)/t17-/m0/s1. The number of aliphatic hydroxyl groups is 1. The Hall–Kier alpha value is -2.48. The molecule has 3 heterocycles. The molecule has 0 bridgehead atoms. The van der Waals surface area contributed by atoms with Gasteiger partial charge in [-0.25, -0.2) is 0 Å². The van der Waals surface area contributed by atoms with Gasteiger partial charge in [0.05, 0.1) is 12.0 Å². The molecule has 8 nitrogen and oxygen atoms in total. The maximum Gasteiger partial charge on any atom is 0.253 e. The molecular formula is C17H21N5O3. The van der Waals surface area contributed by atoms with Crippen LogP contribution < -0.4 is 0 Å². The first-order chi connectivity index (χ1) is 12.1. The maximum atomic E-state index is 12.9. The fraction of sp³-hybridized carbons (Fsp3) is 0.529. The molecule has 25 heavy (non-hydrogen) atoms. The summed E-state index contributed by atoms with van der Waals surface area (Å²) < 4.78 is 0. The number of β-amino-alcohol motifs (C(OH)–C–C–N with tert-alkyl or cyclic N) is 1. The van der Waals surface area contributed by atoms with Gasteiger partial charge in [0, 0.05) is 31.7 Å². The van der Waals surface area contributed by atoms with E-state index >= 15 is 0 Å². The van der Waals surface area contributed by atoms with Crippen LogP contribution in [0.25, 0.3) is 11.0 Å². The lowest BCUT2D eigenvalue weighted by Gasteiger charge is -2.39. The van der Waals surface area contributed by atoms with E-state index < -0.39 is 5.41 Å². The summed E-state index contributed by atoms with van der Waals surface area (Å²) in [6.07, 6.45) is 2.41. The van der Waals surface area contributed by atoms with Crippen LogP contribution in [0.1, 0.15) is 29.6 Å². The number of likely N-dealkylation sites (tertiary alicyclic amines) is 2. The highest BCUT2D eigenvalue weighted by Gasteiger charge is 2.49. The van der Waals surface area contributed by atoms with Crippen molar-refractivity contribution in [3.8, 4) is 0 Å². The van der Waals surface area contributed by atoms with Crippen LogP contribution in [0.2, 0.25) is 0 Å². The largest absolute Gasteiger partial charge is 0.395 e. The highest BCUT2D eigenvalue weighted by molar-refractivity contribution is 5.98. The Labute approximate surface area is 144 Å². The van der Waals surface area contributed by atoms with Crippen LogP contribution >= 0.6 is 0 Å². The summed E-state index contributed by atoms with van der Waals surface area (Å²) in [6.45, 7) is 2.06. The molecule has 1 aromatic carbocycles. The van der Waals surface area contributed by atoms with E-state index in [-0.39, 0.29) is 18.4 Å². The first-order valence-corrected chi connectivity index (χ1v) is 8.63. The van der Waals surface area contributed by atoms with Gasteiger partial charge >= 0.3 is 0 Å². The fourth-order valence-corrected chi connectivity index (χ4v) is 4.07. The predicted octanol–water partition coefficient (Wildman–Crippen LogP) is 0.405. The van der Waals surface area contributed by atoms with Crippen LogP contribution in [0.5, 0.6) is 0 Å². The van der Waals surface area contributed by atoms with E-state index in [9.17, 15) is 9.59 Å². The number of rotatable bonds is 3. The molecule has 0 saturated carbocycles. The molecule has 1 aromatic heterocycles. The molecule has 2 fully saturated rings. The van der Waals surface area contributed by atoms with Gasteiger partial charge in [0.25, 0.3) is 5.91 Å². The van der Waals surface area contributed by atoms with E-state index in [2.05, 4.69) is 15.4 Å². The van der Waals surface area contributed by atoms with Crippen LogP contribution in [0.3, 0.4) is 0 Å². The Bertz CT molecular complexity index is 817. The molecule has 2 saturated heterocycles. The minimum absolute atomic E-state index is 0.0256. The third-order valence-corrected chi connectivity index (χ3v) is 5.40. The number of hydrogen-bond acceptors (Lipinski definition) is 5. The number of piperidine rings is 1. The normalized spacial score (nSPS) is 23.8. The minimum Gasteiger partial charge on any atom is -0.395 e. The lowest BCUT2D eigenvalue weighted by Crippen LogP contribution is -2.51. The Morgan fingerprint density at radius 3 is 2.92 bits per heavy atom. The Kier molecular flexibility index (Phi) is 3.91. The summed E-state index contributed by atoms with van der Waals surface area (Å²) in [5, 5.41) is 19.7. The number of aromatic amines is 1. The molecule has 2 N–H and O–H groups in total. The molecule has 4 rings (SSSR count). The van der Waals surface area contributed by atoms with Gasteiger partial charge in [-0.2, -0.15) is 15.4 Å². The Balaban J connectivity index is 1.53. The molecule has 0 aliphatic carbocycles. The third kappa shape index (κ3) is 2.66. The van der Waals surface area contributed by atoms with Crippen LogP contribution in [0.4, 0.5) is 0 Å². The second-order valence-corrected chi connectivity index (χ2v) is 6.90. The second-order valence-electron chi connectivity index (χ2n) is 6.90. The molecule has 2 aliphatic rings. The van der Waals surface area contributed by atoms with Crippen LogP contribution in [0, 0.1) is 5.41 Å². The smallest absolute Gasteiger partial charge is 0.253 e. The fourth-order valence-electron chi connectivity index (χ4n) is 4.07. The van der Waals surface area contributed by atoms with Crippen LogP contribution in [0.15, 0.2) is 18.2 Å². The van der Waals surface area contributed by atoms with E-state index in [1.165, 1.54) is 0 Å². The number of fused-ring (bicyclic) bond motifs is 1. The minimum atomic E-state index is -0.485. The molecule has 2 aliphatic heterocycles. The van der Waals surface area contributed by atoms with Crippen molar-refractivity contribution in [2.75, 3.05) is 32.8 Å². The maximum absolute atomic E-state index is 12.9. The van der Waals surface area contributed by atoms with Crippen molar-refractivity contribution < 1.29 is 14.7 Å². The van der Waals surface area contributed by atoms with Gasteiger partial charge < -0.3 is 14.9 Å². The van der Waals surface area contributed by atoms with Gasteiger partial charge in [0.2, 0.25) is 5.91 Å². The van der Waals surface area contributed by atoms with Crippen molar-refractivity contribution in [2.24, 2.45) is 5.41 Å². The Morgan fingerprint density at radius 1 is 1.24 bits per heavy atom. The number of carbonyl (C=O) groups excluding carboxylic acids is 2. The molecule has 0 radical (unpaired) electrons. The lowest BCUT2D eigenvalue weighted by molar-refractivity contribution is -0.146. The number of amides is 2. The van der Waals surface area contributed by atoms with Crippen molar-refractivity contribution in [1.82, 2.24) is 25.2 Å². The van der Waals surface area contributed by atoms with Crippen molar-refractivity contribution in [3.05, 3.63) is 23.8 Å². The third-order valence-electron chi connectivity index (χ3n) is 5.40. The quantitative estimate of drug-likeness (QED) is 0.840. The van der Waals surface area contributed by atoms with E-state index in [0.29, 0.717) is 43.7 Å². The lowest BCUT2D eigenvalue weighted by atomic mass is 9.78. The number of hydrogen-bond donors (Lipinski definition) is 2. The zero-order valence-electron chi connectivity index (χ0n) is 13.9. The van der Waals surface area contributed by atoms with Gasteiger partial charge in [-0.3, -0.25) is 9.59 Å². The average Bonchev–Trinajstić information content (AvgIpc) is 3.26. The second kappa shape index (κ2) is 6.11. The molecule has 0 unspecified atom stereocenters. The van der Waals surface area contributed by atoms with Gasteiger partial charge in [-0.1, -0.05) is 0 Å².